The molecule has 0 bridgehead atoms. The zero-order valence-electron chi connectivity index (χ0n) is 9.88. The van der Waals surface area contributed by atoms with Gasteiger partial charge >= 0.3 is 0 Å². The Balaban J connectivity index is 2.12. The van der Waals surface area contributed by atoms with E-state index in [4.69, 9.17) is 4.74 Å². The number of rotatable bonds is 6. The van der Waals surface area contributed by atoms with Crippen molar-refractivity contribution in [3.8, 4) is 0 Å². The van der Waals surface area contributed by atoms with E-state index in [-0.39, 0.29) is 0 Å². The van der Waals surface area contributed by atoms with Crippen LogP contribution < -0.4 is 5.32 Å². The van der Waals surface area contributed by atoms with Gasteiger partial charge in [-0.05, 0) is 37.6 Å². The Morgan fingerprint density at radius 3 is 2.71 bits per heavy atom. The van der Waals surface area contributed by atoms with Gasteiger partial charge in [0, 0.05) is 13.2 Å². The number of hydrogen-bond donors (Lipinski definition) is 1. The van der Waals surface area contributed by atoms with Gasteiger partial charge in [-0.25, -0.2) is 0 Å². The molecule has 1 rings (SSSR count). The SMILES string of the molecule is CCC(COC)NCC1CCC(C)C1. The van der Waals surface area contributed by atoms with Crippen LogP contribution in [0.5, 0.6) is 0 Å². The van der Waals surface area contributed by atoms with Crippen molar-refractivity contribution >= 4 is 0 Å². The third-order valence-electron chi connectivity index (χ3n) is 3.36. The smallest absolute Gasteiger partial charge is 0.0615 e. The molecule has 0 saturated heterocycles. The fourth-order valence-electron chi connectivity index (χ4n) is 2.37. The summed E-state index contributed by atoms with van der Waals surface area (Å²) in [6, 6.07) is 0.552. The highest BCUT2D eigenvalue weighted by Gasteiger charge is 2.21. The monoisotopic (exact) mass is 199 g/mol. The lowest BCUT2D eigenvalue weighted by molar-refractivity contribution is 0.162. The molecule has 0 aliphatic heterocycles. The van der Waals surface area contributed by atoms with Crippen molar-refractivity contribution in [2.75, 3.05) is 20.3 Å². The van der Waals surface area contributed by atoms with Gasteiger partial charge in [-0.2, -0.15) is 0 Å². The molecule has 1 fully saturated rings. The average molecular weight is 199 g/mol. The fourth-order valence-corrected chi connectivity index (χ4v) is 2.37. The molecule has 14 heavy (non-hydrogen) atoms. The summed E-state index contributed by atoms with van der Waals surface area (Å²) < 4.78 is 5.17. The second-order valence-electron chi connectivity index (χ2n) is 4.75. The summed E-state index contributed by atoms with van der Waals surface area (Å²) in [7, 11) is 1.78. The third kappa shape index (κ3) is 3.97. The normalized spacial score (nSPS) is 29.4. The number of ether oxygens (including phenoxy) is 1. The number of nitrogens with one attached hydrogen (secondary N) is 1. The van der Waals surface area contributed by atoms with Crippen LogP contribution in [0.3, 0.4) is 0 Å². The average Bonchev–Trinajstić information content (AvgIpc) is 2.59. The Morgan fingerprint density at radius 1 is 1.43 bits per heavy atom. The predicted octanol–water partition coefficient (Wildman–Crippen LogP) is 2.44. The van der Waals surface area contributed by atoms with E-state index in [1.54, 1.807) is 7.11 Å². The van der Waals surface area contributed by atoms with Gasteiger partial charge in [0.25, 0.3) is 0 Å². The lowest BCUT2D eigenvalue weighted by atomic mass is 10.1. The summed E-state index contributed by atoms with van der Waals surface area (Å²) >= 11 is 0. The summed E-state index contributed by atoms with van der Waals surface area (Å²) in [5.74, 6) is 1.86. The molecule has 0 aromatic heterocycles. The summed E-state index contributed by atoms with van der Waals surface area (Å²) in [4.78, 5) is 0. The van der Waals surface area contributed by atoms with Crippen molar-refractivity contribution in [1.29, 1.82) is 0 Å². The van der Waals surface area contributed by atoms with Crippen LogP contribution in [0.15, 0.2) is 0 Å². The van der Waals surface area contributed by atoms with Crippen LogP contribution in [0, 0.1) is 11.8 Å². The summed E-state index contributed by atoms with van der Waals surface area (Å²) in [5, 5.41) is 3.61. The molecule has 2 heteroatoms. The van der Waals surface area contributed by atoms with Crippen LogP contribution in [0.4, 0.5) is 0 Å². The fraction of sp³-hybridized carbons (Fsp3) is 1.00. The standard InChI is InChI=1S/C12H25NO/c1-4-12(9-14-3)13-8-11-6-5-10(2)7-11/h10-13H,4-9H2,1-3H3. The van der Waals surface area contributed by atoms with Crippen LogP contribution in [0.1, 0.15) is 39.5 Å². The highest BCUT2D eigenvalue weighted by molar-refractivity contribution is 4.76. The Bertz CT molecular complexity index is 145. The first kappa shape index (κ1) is 12.0. The molecule has 2 nitrogen and oxygen atoms in total. The zero-order chi connectivity index (χ0) is 10.4. The van der Waals surface area contributed by atoms with Gasteiger partial charge in [-0.15, -0.1) is 0 Å². The zero-order valence-corrected chi connectivity index (χ0v) is 9.88. The van der Waals surface area contributed by atoms with Gasteiger partial charge in [-0.3, -0.25) is 0 Å². The highest BCUT2D eigenvalue weighted by atomic mass is 16.5. The minimum absolute atomic E-state index is 0.552. The van der Waals surface area contributed by atoms with Gasteiger partial charge in [0.2, 0.25) is 0 Å². The number of hydrogen-bond acceptors (Lipinski definition) is 2. The molecular formula is C12H25NO. The molecule has 3 atom stereocenters. The molecule has 3 unspecified atom stereocenters. The van der Waals surface area contributed by atoms with Crippen LogP contribution in [-0.2, 0) is 4.74 Å². The summed E-state index contributed by atoms with van der Waals surface area (Å²) in [6.45, 7) is 6.62. The lowest BCUT2D eigenvalue weighted by Crippen LogP contribution is -2.35. The Labute approximate surface area is 88.4 Å². The van der Waals surface area contributed by atoms with E-state index < -0.39 is 0 Å². The largest absolute Gasteiger partial charge is 0.383 e. The van der Waals surface area contributed by atoms with Crippen molar-refractivity contribution < 1.29 is 4.74 Å². The maximum absolute atomic E-state index is 5.17. The van der Waals surface area contributed by atoms with Crippen LogP contribution >= 0.6 is 0 Å². The Kier molecular flexibility index (Phi) is 5.49. The molecule has 0 amide bonds. The first-order valence-electron chi connectivity index (χ1n) is 5.98. The maximum atomic E-state index is 5.17. The third-order valence-corrected chi connectivity index (χ3v) is 3.36. The molecule has 0 aromatic carbocycles. The predicted molar refractivity (Wildman–Crippen MR) is 60.5 cm³/mol. The van der Waals surface area contributed by atoms with Crippen LogP contribution in [0.25, 0.3) is 0 Å². The second-order valence-corrected chi connectivity index (χ2v) is 4.75. The minimum Gasteiger partial charge on any atom is -0.383 e. The molecule has 84 valence electrons. The Hall–Kier alpha value is -0.0800. The molecule has 1 aliphatic carbocycles. The highest BCUT2D eigenvalue weighted by Crippen LogP contribution is 2.29. The summed E-state index contributed by atoms with van der Waals surface area (Å²) in [6.07, 6.45) is 5.41. The van der Waals surface area contributed by atoms with Gasteiger partial charge in [0.05, 0.1) is 6.61 Å². The van der Waals surface area contributed by atoms with Crippen molar-refractivity contribution in [2.45, 2.75) is 45.6 Å². The van der Waals surface area contributed by atoms with Gasteiger partial charge in [0.15, 0.2) is 0 Å². The van der Waals surface area contributed by atoms with E-state index in [0.29, 0.717) is 6.04 Å². The molecular weight excluding hydrogens is 174 g/mol. The molecule has 0 radical (unpaired) electrons. The van der Waals surface area contributed by atoms with Crippen LogP contribution in [0.2, 0.25) is 0 Å². The molecule has 0 aromatic rings. The van der Waals surface area contributed by atoms with E-state index in [1.165, 1.54) is 25.8 Å². The van der Waals surface area contributed by atoms with E-state index >= 15 is 0 Å². The summed E-state index contributed by atoms with van der Waals surface area (Å²) in [5.41, 5.74) is 0. The molecule has 1 N–H and O–H groups in total. The van der Waals surface area contributed by atoms with E-state index in [9.17, 15) is 0 Å². The van der Waals surface area contributed by atoms with E-state index in [0.717, 1.165) is 24.9 Å². The van der Waals surface area contributed by atoms with E-state index in [2.05, 4.69) is 19.2 Å². The van der Waals surface area contributed by atoms with Crippen molar-refractivity contribution in [2.24, 2.45) is 11.8 Å². The quantitative estimate of drug-likeness (QED) is 0.709. The number of methoxy groups -OCH3 is 1. The van der Waals surface area contributed by atoms with Crippen molar-refractivity contribution in [1.82, 2.24) is 5.32 Å². The van der Waals surface area contributed by atoms with Gasteiger partial charge in [0.1, 0.15) is 0 Å². The second kappa shape index (κ2) is 6.41. The van der Waals surface area contributed by atoms with Crippen molar-refractivity contribution in [3.63, 3.8) is 0 Å². The Morgan fingerprint density at radius 2 is 2.21 bits per heavy atom. The minimum atomic E-state index is 0.552. The van der Waals surface area contributed by atoms with Crippen LogP contribution in [-0.4, -0.2) is 26.3 Å². The lowest BCUT2D eigenvalue weighted by Gasteiger charge is -2.18. The molecule has 0 heterocycles. The topological polar surface area (TPSA) is 21.3 Å². The first-order valence-corrected chi connectivity index (χ1v) is 5.98. The first-order chi connectivity index (χ1) is 6.76. The van der Waals surface area contributed by atoms with Crippen molar-refractivity contribution in [3.05, 3.63) is 0 Å². The maximum Gasteiger partial charge on any atom is 0.0615 e. The molecule has 1 saturated carbocycles. The molecule has 1 aliphatic rings. The molecule has 0 spiro atoms. The van der Waals surface area contributed by atoms with E-state index in [1.807, 2.05) is 0 Å². The van der Waals surface area contributed by atoms with Gasteiger partial charge < -0.3 is 10.1 Å². The van der Waals surface area contributed by atoms with Gasteiger partial charge in [-0.1, -0.05) is 20.3 Å².